The molecular weight excluding hydrogens is 330 g/mol. The smallest absolute Gasteiger partial charge is 0.340 e. The number of hydrogen-bond acceptors (Lipinski definition) is 4. The minimum atomic E-state index is -0.369. The number of fused-ring (bicyclic) bond motifs is 3. The lowest BCUT2D eigenvalue weighted by atomic mass is 10.0. The Morgan fingerprint density at radius 1 is 1.12 bits per heavy atom. The van der Waals surface area contributed by atoms with E-state index >= 15 is 0 Å². The molecule has 0 aliphatic heterocycles. The molecule has 1 heterocycles. The first-order chi connectivity index (χ1) is 12.4. The Balaban J connectivity index is 2.36. The first-order valence-corrected chi connectivity index (χ1v) is 8.76. The summed E-state index contributed by atoms with van der Waals surface area (Å²) in [6.07, 6.45) is 0. The molecule has 0 N–H and O–H groups in total. The molecule has 5 nitrogen and oxygen atoms in total. The Hall–Kier alpha value is -2.82. The molecule has 0 fully saturated rings. The van der Waals surface area contributed by atoms with Crippen LogP contribution in [0.5, 0.6) is 5.75 Å². The number of carbonyl (C=O) groups excluding carboxylic acids is 2. The van der Waals surface area contributed by atoms with Crippen molar-refractivity contribution in [1.82, 2.24) is 4.57 Å². The predicted octanol–water partition coefficient (Wildman–Crippen LogP) is 4.38. The molecule has 0 saturated heterocycles. The molecule has 0 spiro atoms. The number of aromatic nitrogens is 1. The van der Waals surface area contributed by atoms with Crippen LogP contribution in [0.15, 0.2) is 30.3 Å². The van der Waals surface area contributed by atoms with Crippen LogP contribution in [0.4, 0.5) is 0 Å². The predicted molar refractivity (Wildman–Crippen MR) is 102 cm³/mol. The first-order valence-electron chi connectivity index (χ1n) is 8.76. The summed E-state index contributed by atoms with van der Waals surface area (Å²) in [5, 5.41) is 2.50. The van der Waals surface area contributed by atoms with E-state index in [-0.39, 0.29) is 17.9 Å². The van der Waals surface area contributed by atoms with Crippen molar-refractivity contribution in [3.05, 3.63) is 41.6 Å². The number of aryl methyl sites for hydroxylation is 1. The van der Waals surface area contributed by atoms with Crippen LogP contribution in [-0.4, -0.2) is 23.1 Å². The quantitative estimate of drug-likeness (QED) is 0.516. The number of benzene rings is 2. The van der Waals surface area contributed by atoms with Gasteiger partial charge in [-0.05, 0) is 19.9 Å². The lowest BCUT2D eigenvalue weighted by Gasteiger charge is -2.12. The van der Waals surface area contributed by atoms with Gasteiger partial charge in [-0.15, -0.1) is 0 Å². The Morgan fingerprint density at radius 3 is 2.38 bits per heavy atom. The Bertz CT molecular complexity index is 1010. The van der Waals surface area contributed by atoms with Gasteiger partial charge in [-0.3, -0.25) is 4.79 Å². The van der Waals surface area contributed by atoms with Crippen LogP contribution in [0.1, 0.15) is 36.8 Å². The van der Waals surface area contributed by atoms with Crippen LogP contribution in [0.2, 0.25) is 0 Å². The Labute approximate surface area is 152 Å². The lowest BCUT2D eigenvalue weighted by molar-refractivity contribution is -0.137. The summed E-state index contributed by atoms with van der Waals surface area (Å²) in [5.41, 5.74) is 2.25. The Kier molecular flexibility index (Phi) is 4.72. The molecule has 0 bridgehead atoms. The maximum absolute atomic E-state index is 12.5. The topological polar surface area (TPSA) is 57.5 Å². The fourth-order valence-corrected chi connectivity index (χ4v) is 3.18. The van der Waals surface area contributed by atoms with Gasteiger partial charge in [0, 0.05) is 28.9 Å². The zero-order chi connectivity index (χ0) is 19.0. The van der Waals surface area contributed by atoms with E-state index < -0.39 is 0 Å². The van der Waals surface area contributed by atoms with Crippen molar-refractivity contribution in [1.29, 1.82) is 0 Å². The fourth-order valence-electron chi connectivity index (χ4n) is 3.18. The van der Waals surface area contributed by atoms with Gasteiger partial charge in [0.25, 0.3) is 0 Å². The van der Waals surface area contributed by atoms with E-state index in [0.29, 0.717) is 17.9 Å². The molecule has 3 rings (SSSR count). The zero-order valence-electron chi connectivity index (χ0n) is 15.8. The standard InChI is InChI=1S/C21H23NO4/c1-6-25-21(24)18-13(4)22(5)19-15-10-8-7-9-14(15)17(11-16(18)19)26-20(23)12(2)3/h7-12H,6H2,1-5H3. The van der Waals surface area contributed by atoms with Crippen molar-refractivity contribution in [3.8, 4) is 5.75 Å². The number of esters is 2. The minimum Gasteiger partial charge on any atom is -0.462 e. The summed E-state index contributed by atoms with van der Waals surface area (Å²) < 4.78 is 12.9. The zero-order valence-corrected chi connectivity index (χ0v) is 15.8. The van der Waals surface area contributed by atoms with Crippen molar-refractivity contribution >= 4 is 33.6 Å². The van der Waals surface area contributed by atoms with Gasteiger partial charge < -0.3 is 14.0 Å². The van der Waals surface area contributed by atoms with Gasteiger partial charge >= 0.3 is 11.9 Å². The molecular formula is C21H23NO4. The van der Waals surface area contributed by atoms with Gasteiger partial charge in [0.15, 0.2) is 0 Å². The molecule has 0 atom stereocenters. The fraction of sp³-hybridized carbons (Fsp3) is 0.333. The highest BCUT2D eigenvalue weighted by atomic mass is 16.5. The molecule has 5 heteroatoms. The van der Waals surface area contributed by atoms with Gasteiger partial charge in [0.05, 0.1) is 23.6 Å². The average Bonchev–Trinajstić information content (AvgIpc) is 2.86. The van der Waals surface area contributed by atoms with Gasteiger partial charge in [-0.1, -0.05) is 38.1 Å². The Morgan fingerprint density at radius 2 is 1.77 bits per heavy atom. The molecule has 136 valence electrons. The van der Waals surface area contributed by atoms with Gasteiger partial charge in [0.1, 0.15) is 5.75 Å². The third kappa shape index (κ3) is 2.83. The van der Waals surface area contributed by atoms with Crippen molar-refractivity contribution < 1.29 is 19.1 Å². The summed E-state index contributed by atoms with van der Waals surface area (Å²) >= 11 is 0. The average molecular weight is 353 g/mol. The number of hydrogen-bond donors (Lipinski definition) is 0. The van der Waals surface area contributed by atoms with Gasteiger partial charge in [-0.25, -0.2) is 4.79 Å². The molecule has 1 aromatic heterocycles. The maximum atomic E-state index is 12.5. The third-order valence-electron chi connectivity index (χ3n) is 4.61. The highest BCUT2D eigenvalue weighted by Gasteiger charge is 2.23. The van der Waals surface area contributed by atoms with Gasteiger partial charge in [-0.2, -0.15) is 0 Å². The molecule has 0 aliphatic carbocycles. The van der Waals surface area contributed by atoms with Crippen molar-refractivity contribution in [2.75, 3.05) is 6.61 Å². The summed E-state index contributed by atoms with van der Waals surface area (Å²) in [4.78, 5) is 24.7. The second-order valence-corrected chi connectivity index (χ2v) is 6.63. The summed E-state index contributed by atoms with van der Waals surface area (Å²) in [6.45, 7) is 7.56. The molecule has 0 unspecified atom stereocenters. The number of carbonyl (C=O) groups is 2. The highest BCUT2D eigenvalue weighted by Crippen LogP contribution is 2.37. The van der Waals surface area contributed by atoms with E-state index in [0.717, 1.165) is 27.4 Å². The number of ether oxygens (including phenoxy) is 2. The van der Waals surface area contributed by atoms with E-state index in [1.54, 1.807) is 26.8 Å². The molecule has 0 radical (unpaired) electrons. The van der Waals surface area contributed by atoms with E-state index in [1.165, 1.54) is 0 Å². The number of rotatable bonds is 4. The van der Waals surface area contributed by atoms with E-state index in [1.807, 2.05) is 42.8 Å². The third-order valence-corrected chi connectivity index (χ3v) is 4.61. The summed E-state index contributed by atoms with van der Waals surface area (Å²) in [5.74, 6) is -0.457. The van der Waals surface area contributed by atoms with Crippen LogP contribution < -0.4 is 4.74 Å². The second-order valence-electron chi connectivity index (χ2n) is 6.63. The number of nitrogens with zero attached hydrogens (tertiary/aromatic N) is 1. The second kappa shape index (κ2) is 6.83. The summed E-state index contributed by atoms with van der Waals surface area (Å²) in [7, 11) is 1.92. The van der Waals surface area contributed by atoms with Crippen molar-refractivity contribution in [2.24, 2.45) is 13.0 Å². The van der Waals surface area contributed by atoms with Crippen LogP contribution in [0, 0.1) is 12.8 Å². The molecule has 0 amide bonds. The first kappa shape index (κ1) is 18.0. The summed E-state index contributed by atoms with van der Waals surface area (Å²) in [6, 6.07) is 9.51. The molecule has 0 saturated carbocycles. The van der Waals surface area contributed by atoms with Crippen LogP contribution in [-0.2, 0) is 16.6 Å². The van der Waals surface area contributed by atoms with Crippen LogP contribution in [0.25, 0.3) is 21.7 Å². The highest BCUT2D eigenvalue weighted by molar-refractivity contribution is 6.16. The SMILES string of the molecule is CCOC(=O)c1c(C)n(C)c2c1cc(OC(=O)C(C)C)c1ccccc12. The largest absolute Gasteiger partial charge is 0.462 e. The van der Waals surface area contributed by atoms with Crippen LogP contribution >= 0.6 is 0 Å². The molecule has 3 aromatic rings. The van der Waals surface area contributed by atoms with E-state index in [2.05, 4.69) is 0 Å². The molecule has 0 aliphatic rings. The lowest BCUT2D eigenvalue weighted by Crippen LogP contribution is -2.15. The van der Waals surface area contributed by atoms with E-state index in [9.17, 15) is 9.59 Å². The normalized spacial score (nSPS) is 11.3. The van der Waals surface area contributed by atoms with Crippen LogP contribution in [0.3, 0.4) is 0 Å². The monoisotopic (exact) mass is 353 g/mol. The van der Waals surface area contributed by atoms with E-state index in [4.69, 9.17) is 9.47 Å². The molecule has 2 aromatic carbocycles. The van der Waals surface area contributed by atoms with Crippen molar-refractivity contribution in [3.63, 3.8) is 0 Å². The minimum absolute atomic E-state index is 0.244. The maximum Gasteiger partial charge on any atom is 0.340 e. The van der Waals surface area contributed by atoms with Gasteiger partial charge in [0.2, 0.25) is 0 Å². The molecule has 26 heavy (non-hydrogen) atoms. The van der Waals surface area contributed by atoms with Crippen molar-refractivity contribution in [2.45, 2.75) is 27.7 Å².